The van der Waals surface area contributed by atoms with Gasteiger partial charge in [0.15, 0.2) is 0 Å². The largest absolute Gasteiger partial charge is 0.494 e. The lowest BCUT2D eigenvalue weighted by molar-refractivity contribution is 0.0950. The SMILES string of the molecule is CCCCCCCCOc1ccc(-c2cc(C(=O)N/N=C\c3ccc(C)cc3)[nH]n2)cc1. The van der Waals surface area contributed by atoms with Gasteiger partial charge in [0, 0.05) is 5.56 Å². The Bertz CT molecular complexity index is 991. The van der Waals surface area contributed by atoms with Gasteiger partial charge in [0.1, 0.15) is 11.4 Å². The quantitative estimate of drug-likeness (QED) is 0.213. The summed E-state index contributed by atoms with van der Waals surface area (Å²) in [6.07, 6.45) is 9.09. The lowest BCUT2D eigenvalue weighted by Crippen LogP contribution is -2.17. The molecule has 2 aromatic carbocycles. The third-order valence-corrected chi connectivity index (χ3v) is 5.20. The number of aryl methyl sites for hydroxylation is 1. The maximum atomic E-state index is 12.3. The van der Waals surface area contributed by atoms with Crippen molar-refractivity contribution in [2.24, 2.45) is 5.10 Å². The van der Waals surface area contributed by atoms with Crippen LogP contribution in [0, 0.1) is 6.92 Å². The van der Waals surface area contributed by atoms with Gasteiger partial charge in [0.25, 0.3) is 5.91 Å². The van der Waals surface area contributed by atoms with Crippen LogP contribution in [0.3, 0.4) is 0 Å². The predicted octanol–water partition coefficient (Wildman–Crippen LogP) is 5.89. The fourth-order valence-corrected chi connectivity index (χ4v) is 3.26. The molecule has 1 aromatic heterocycles. The number of hydrogen-bond acceptors (Lipinski definition) is 4. The summed E-state index contributed by atoms with van der Waals surface area (Å²) >= 11 is 0. The first-order valence-electron chi connectivity index (χ1n) is 11.3. The number of hydrogen-bond donors (Lipinski definition) is 2. The van der Waals surface area contributed by atoms with Gasteiger partial charge in [-0.3, -0.25) is 9.89 Å². The zero-order valence-electron chi connectivity index (χ0n) is 18.9. The van der Waals surface area contributed by atoms with Crippen molar-refractivity contribution < 1.29 is 9.53 Å². The smallest absolute Gasteiger partial charge is 0.289 e. The number of amides is 1. The van der Waals surface area contributed by atoms with Gasteiger partial charge in [-0.05, 0) is 49.2 Å². The molecule has 0 atom stereocenters. The Morgan fingerprint density at radius 3 is 2.50 bits per heavy atom. The van der Waals surface area contributed by atoms with Gasteiger partial charge >= 0.3 is 0 Å². The highest BCUT2D eigenvalue weighted by Crippen LogP contribution is 2.21. The van der Waals surface area contributed by atoms with Gasteiger partial charge in [0.2, 0.25) is 0 Å². The number of H-pyrrole nitrogens is 1. The summed E-state index contributed by atoms with van der Waals surface area (Å²) in [5.74, 6) is 0.507. The number of nitrogens with one attached hydrogen (secondary N) is 2. The van der Waals surface area contributed by atoms with Crippen LogP contribution in [0.4, 0.5) is 0 Å². The molecular formula is C26H32N4O2. The molecule has 0 saturated carbocycles. The fraction of sp³-hybridized carbons (Fsp3) is 0.346. The van der Waals surface area contributed by atoms with E-state index in [1.807, 2.05) is 55.5 Å². The average molecular weight is 433 g/mol. The number of unbranched alkanes of at least 4 members (excludes halogenated alkanes) is 5. The van der Waals surface area contributed by atoms with Gasteiger partial charge in [-0.15, -0.1) is 0 Å². The van der Waals surface area contributed by atoms with E-state index in [2.05, 4.69) is 27.6 Å². The molecule has 0 aliphatic rings. The van der Waals surface area contributed by atoms with Crippen molar-refractivity contribution in [1.29, 1.82) is 0 Å². The van der Waals surface area contributed by atoms with Crippen molar-refractivity contribution in [3.05, 3.63) is 71.4 Å². The average Bonchev–Trinajstić information content (AvgIpc) is 3.31. The molecular weight excluding hydrogens is 400 g/mol. The monoisotopic (exact) mass is 432 g/mol. The van der Waals surface area contributed by atoms with E-state index in [4.69, 9.17) is 4.74 Å². The minimum Gasteiger partial charge on any atom is -0.494 e. The molecule has 3 rings (SSSR count). The van der Waals surface area contributed by atoms with Crippen LogP contribution in [-0.2, 0) is 0 Å². The fourth-order valence-electron chi connectivity index (χ4n) is 3.26. The summed E-state index contributed by atoms with van der Waals surface area (Å²) in [5, 5.41) is 11.0. The second-order valence-electron chi connectivity index (χ2n) is 7.92. The van der Waals surface area contributed by atoms with E-state index in [0.29, 0.717) is 11.4 Å². The molecule has 1 heterocycles. The Morgan fingerprint density at radius 2 is 1.75 bits per heavy atom. The van der Waals surface area contributed by atoms with Crippen LogP contribution in [0.5, 0.6) is 5.75 Å². The first kappa shape index (κ1) is 23.3. The molecule has 6 nitrogen and oxygen atoms in total. The highest BCUT2D eigenvalue weighted by molar-refractivity contribution is 5.94. The molecule has 0 fully saturated rings. The number of hydrazone groups is 1. The number of benzene rings is 2. The lowest BCUT2D eigenvalue weighted by Gasteiger charge is -2.06. The number of aromatic nitrogens is 2. The third kappa shape index (κ3) is 7.38. The van der Waals surface area contributed by atoms with Crippen molar-refractivity contribution in [1.82, 2.24) is 15.6 Å². The van der Waals surface area contributed by atoms with Crippen molar-refractivity contribution >= 4 is 12.1 Å². The number of rotatable bonds is 12. The van der Waals surface area contributed by atoms with Gasteiger partial charge < -0.3 is 4.74 Å². The van der Waals surface area contributed by atoms with Crippen LogP contribution in [-0.4, -0.2) is 28.9 Å². The van der Waals surface area contributed by atoms with Gasteiger partial charge in [-0.1, -0.05) is 68.9 Å². The minimum atomic E-state index is -0.342. The van der Waals surface area contributed by atoms with Crippen LogP contribution < -0.4 is 10.2 Å². The van der Waals surface area contributed by atoms with Crippen LogP contribution in [0.15, 0.2) is 59.7 Å². The Morgan fingerprint density at radius 1 is 1.03 bits per heavy atom. The normalized spacial score (nSPS) is 11.1. The second-order valence-corrected chi connectivity index (χ2v) is 7.92. The number of aromatic amines is 1. The maximum absolute atomic E-state index is 12.3. The highest BCUT2D eigenvalue weighted by Gasteiger charge is 2.10. The highest BCUT2D eigenvalue weighted by atomic mass is 16.5. The number of ether oxygens (including phenoxy) is 1. The van der Waals surface area contributed by atoms with Gasteiger partial charge in [0.05, 0.1) is 18.5 Å². The molecule has 168 valence electrons. The van der Waals surface area contributed by atoms with Crippen LogP contribution >= 0.6 is 0 Å². The molecule has 3 aromatic rings. The van der Waals surface area contributed by atoms with Crippen molar-refractivity contribution in [2.75, 3.05) is 6.61 Å². The van der Waals surface area contributed by atoms with Gasteiger partial charge in [-0.2, -0.15) is 10.2 Å². The van der Waals surface area contributed by atoms with E-state index in [1.54, 1.807) is 12.3 Å². The van der Waals surface area contributed by atoms with E-state index >= 15 is 0 Å². The van der Waals surface area contributed by atoms with E-state index in [1.165, 1.54) is 37.7 Å². The molecule has 0 aliphatic carbocycles. The summed E-state index contributed by atoms with van der Waals surface area (Å²) < 4.78 is 5.83. The molecule has 0 bridgehead atoms. The Hall–Kier alpha value is -3.41. The maximum Gasteiger partial charge on any atom is 0.289 e. The third-order valence-electron chi connectivity index (χ3n) is 5.20. The molecule has 1 amide bonds. The standard InChI is InChI=1S/C26H32N4O2/c1-3-4-5-6-7-8-17-32-23-15-13-22(14-16-23)24-18-25(29-28-24)26(31)30-27-19-21-11-9-20(2)10-12-21/h9-16,18-19H,3-8,17H2,1-2H3,(H,28,29)(H,30,31)/b27-19-. The van der Waals surface area contributed by atoms with Gasteiger partial charge in [-0.25, -0.2) is 5.43 Å². The van der Waals surface area contributed by atoms with Crippen LogP contribution in [0.1, 0.15) is 67.1 Å². The van der Waals surface area contributed by atoms with E-state index in [9.17, 15) is 4.79 Å². The topological polar surface area (TPSA) is 79.4 Å². The molecule has 0 aliphatic heterocycles. The summed E-state index contributed by atoms with van der Waals surface area (Å²) in [4.78, 5) is 12.3. The molecule has 0 saturated heterocycles. The summed E-state index contributed by atoms with van der Waals surface area (Å²) in [7, 11) is 0. The van der Waals surface area contributed by atoms with E-state index in [0.717, 1.165) is 29.9 Å². The Balaban J connectivity index is 1.46. The molecule has 2 N–H and O–H groups in total. The second kappa shape index (κ2) is 12.4. The van der Waals surface area contributed by atoms with Crippen molar-refractivity contribution in [2.45, 2.75) is 52.4 Å². The number of carbonyl (C=O) groups is 1. The molecule has 32 heavy (non-hydrogen) atoms. The predicted molar refractivity (Wildman–Crippen MR) is 129 cm³/mol. The van der Waals surface area contributed by atoms with E-state index < -0.39 is 0 Å². The summed E-state index contributed by atoms with van der Waals surface area (Å²) in [6.45, 7) is 4.99. The first-order chi connectivity index (χ1) is 15.7. The first-order valence-corrected chi connectivity index (χ1v) is 11.3. The lowest BCUT2D eigenvalue weighted by atomic mass is 10.1. The number of carbonyl (C=O) groups excluding carboxylic acids is 1. The number of nitrogens with zero attached hydrogens (tertiary/aromatic N) is 2. The summed E-state index contributed by atoms with van der Waals surface area (Å²) in [6, 6.07) is 17.4. The Labute approximate surface area is 190 Å². The zero-order chi connectivity index (χ0) is 22.6. The van der Waals surface area contributed by atoms with E-state index in [-0.39, 0.29) is 5.91 Å². The Kier molecular flexibility index (Phi) is 9.05. The van der Waals surface area contributed by atoms with Crippen LogP contribution in [0.25, 0.3) is 11.3 Å². The molecule has 6 heteroatoms. The molecule has 0 unspecified atom stereocenters. The van der Waals surface area contributed by atoms with Crippen molar-refractivity contribution in [3.8, 4) is 17.0 Å². The van der Waals surface area contributed by atoms with Crippen LogP contribution in [0.2, 0.25) is 0 Å². The molecule has 0 spiro atoms. The zero-order valence-corrected chi connectivity index (χ0v) is 18.9. The summed E-state index contributed by atoms with van der Waals surface area (Å²) in [5.41, 5.74) is 6.57. The minimum absolute atomic E-state index is 0.342. The van der Waals surface area contributed by atoms with Crippen molar-refractivity contribution in [3.63, 3.8) is 0 Å². The molecule has 0 radical (unpaired) electrons.